The van der Waals surface area contributed by atoms with E-state index in [4.69, 9.17) is 9.47 Å². The Morgan fingerprint density at radius 3 is 1.48 bits per heavy atom. The predicted molar refractivity (Wildman–Crippen MR) is 137 cm³/mol. The lowest BCUT2D eigenvalue weighted by Crippen LogP contribution is -2.14. The Bertz CT molecular complexity index is 457. The zero-order valence-electron chi connectivity index (χ0n) is 21.9. The smallest absolute Gasteiger partial charge is 0.306 e. The van der Waals surface area contributed by atoms with Gasteiger partial charge in [0.2, 0.25) is 0 Å². The molecule has 4 nitrogen and oxygen atoms in total. The van der Waals surface area contributed by atoms with E-state index in [1.165, 1.54) is 116 Å². The third-order valence-electron chi connectivity index (χ3n) is 7.06. The van der Waals surface area contributed by atoms with Crippen molar-refractivity contribution in [1.82, 2.24) is 0 Å². The molecular weight excluding hydrogens is 412 g/mol. The average molecular weight is 467 g/mol. The van der Waals surface area contributed by atoms with Gasteiger partial charge in [0, 0.05) is 0 Å². The molecule has 1 aliphatic carbocycles. The average Bonchev–Trinajstić information content (AvgIpc) is 2.83. The molecule has 0 aliphatic heterocycles. The third-order valence-corrected chi connectivity index (χ3v) is 7.06. The van der Waals surface area contributed by atoms with Crippen molar-refractivity contribution < 1.29 is 19.1 Å². The van der Waals surface area contributed by atoms with E-state index >= 15 is 0 Å². The van der Waals surface area contributed by atoms with Gasteiger partial charge in [0.05, 0.1) is 26.1 Å². The van der Waals surface area contributed by atoms with Gasteiger partial charge in [0.25, 0.3) is 0 Å². The molecule has 4 heteroatoms. The third kappa shape index (κ3) is 20.1. The fraction of sp³-hybridized carbons (Fsp3) is 0.931. The molecule has 1 saturated carbocycles. The van der Waals surface area contributed by atoms with Gasteiger partial charge in [-0.2, -0.15) is 0 Å². The highest BCUT2D eigenvalue weighted by atomic mass is 16.5. The first-order valence-corrected chi connectivity index (χ1v) is 14.5. The summed E-state index contributed by atoms with van der Waals surface area (Å²) in [6.45, 7) is 3.25. The maximum Gasteiger partial charge on any atom is 0.306 e. The molecule has 0 spiro atoms. The Morgan fingerprint density at radius 2 is 1.00 bits per heavy atom. The highest BCUT2D eigenvalue weighted by Gasteiger charge is 2.14. The molecule has 0 aromatic rings. The molecular formula is C29H54O4. The highest BCUT2D eigenvalue weighted by Crippen LogP contribution is 2.26. The summed E-state index contributed by atoms with van der Waals surface area (Å²) in [5.41, 5.74) is 0. The first-order chi connectivity index (χ1) is 16.2. The monoisotopic (exact) mass is 466 g/mol. The Balaban J connectivity index is 1.77. The minimum atomic E-state index is -0.274. The van der Waals surface area contributed by atoms with Crippen molar-refractivity contribution >= 4 is 11.9 Å². The zero-order valence-corrected chi connectivity index (χ0v) is 21.9. The lowest BCUT2D eigenvalue weighted by Gasteiger charge is -2.21. The Hall–Kier alpha value is -1.06. The number of unbranched alkanes of at least 4 members (excludes halogenated alkanes) is 14. The van der Waals surface area contributed by atoms with Crippen LogP contribution in [0.25, 0.3) is 0 Å². The highest BCUT2D eigenvalue weighted by molar-refractivity contribution is 5.77. The summed E-state index contributed by atoms with van der Waals surface area (Å²) in [5, 5.41) is 0. The van der Waals surface area contributed by atoms with Crippen molar-refractivity contribution in [2.75, 3.05) is 13.2 Å². The first kappa shape index (κ1) is 30.0. The number of esters is 2. The van der Waals surface area contributed by atoms with E-state index in [9.17, 15) is 9.59 Å². The second kappa shape index (κ2) is 22.7. The van der Waals surface area contributed by atoms with Gasteiger partial charge in [-0.1, -0.05) is 129 Å². The molecule has 0 aromatic carbocycles. The van der Waals surface area contributed by atoms with Gasteiger partial charge in [-0.3, -0.25) is 9.59 Å². The van der Waals surface area contributed by atoms with E-state index in [2.05, 4.69) is 6.92 Å². The molecule has 0 unspecified atom stereocenters. The molecule has 0 N–H and O–H groups in total. The number of hydrogen-bond acceptors (Lipinski definition) is 4. The maximum absolute atomic E-state index is 11.8. The Labute approximate surface area is 205 Å². The van der Waals surface area contributed by atoms with E-state index in [0.29, 0.717) is 19.1 Å². The fourth-order valence-electron chi connectivity index (χ4n) is 4.82. The van der Waals surface area contributed by atoms with E-state index in [1.54, 1.807) is 0 Å². The minimum Gasteiger partial charge on any atom is -0.466 e. The Morgan fingerprint density at radius 1 is 0.576 bits per heavy atom. The summed E-state index contributed by atoms with van der Waals surface area (Å²) in [6.07, 6.45) is 27.6. The topological polar surface area (TPSA) is 52.6 Å². The molecule has 0 heterocycles. The van der Waals surface area contributed by atoms with E-state index in [0.717, 1.165) is 19.3 Å². The van der Waals surface area contributed by atoms with Crippen LogP contribution in [0.2, 0.25) is 0 Å². The second-order valence-electron chi connectivity index (χ2n) is 10.2. The Kier molecular flexibility index (Phi) is 20.6. The van der Waals surface area contributed by atoms with Crippen molar-refractivity contribution in [2.45, 2.75) is 155 Å². The number of carbonyl (C=O) groups excluding carboxylic acids is 2. The van der Waals surface area contributed by atoms with Crippen LogP contribution in [-0.4, -0.2) is 25.2 Å². The van der Waals surface area contributed by atoms with Gasteiger partial charge in [-0.25, -0.2) is 0 Å². The summed E-state index contributed by atoms with van der Waals surface area (Å²) >= 11 is 0. The summed E-state index contributed by atoms with van der Waals surface area (Å²) in [5.74, 6) is 0.172. The molecule has 0 aromatic heterocycles. The van der Waals surface area contributed by atoms with Crippen molar-refractivity contribution in [3.8, 4) is 0 Å². The van der Waals surface area contributed by atoms with E-state index in [-0.39, 0.29) is 24.8 Å². The minimum absolute atomic E-state index is 0.140. The second-order valence-corrected chi connectivity index (χ2v) is 10.2. The van der Waals surface area contributed by atoms with Crippen LogP contribution in [0, 0.1) is 5.92 Å². The van der Waals surface area contributed by atoms with E-state index < -0.39 is 0 Å². The maximum atomic E-state index is 11.8. The molecule has 1 fully saturated rings. The van der Waals surface area contributed by atoms with Crippen molar-refractivity contribution in [3.63, 3.8) is 0 Å². The van der Waals surface area contributed by atoms with Crippen molar-refractivity contribution in [2.24, 2.45) is 5.92 Å². The van der Waals surface area contributed by atoms with Crippen LogP contribution >= 0.6 is 0 Å². The molecule has 0 radical (unpaired) electrons. The van der Waals surface area contributed by atoms with Crippen LogP contribution < -0.4 is 0 Å². The number of ether oxygens (including phenoxy) is 2. The molecule has 0 atom stereocenters. The van der Waals surface area contributed by atoms with Gasteiger partial charge >= 0.3 is 11.9 Å². The molecule has 1 aliphatic rings. The van der Waals surface area contributed by atoms with Crippen LogP contribution in [-0.2, 0) is 19.1 Å². The fourth-order valence-corrected chi connectivity index (χ4v) is 4.82. The standard InChI is InChI=1S/C29H54O4/c1-2-3-4-5-6-7-8-9-10-11-12-13-14-15-19-25-32-28(30)22-23-29(31)33-26-24-27-20-17-16-18-21-27/h27H,2-26H2,1H3. The van der Waals surface area contributed by atoms with Gasteiger partial charge in [-0.15, -0.1) is 0 Å². The normalized spacial score (nSPS) is 14.3. The zero-order chi connectivity index (χ0) is 23.8. The van der Waals surface area contributed by atoms with Crippen molar-refractivity contribution in [3.05, 3.63) is 0 Å². The molecule has 0 amide bonds. The largest absolute Gasteiger partial charge is 0.466 e. The van der Waals surface area contributed by atoms with Crippen LogP contribution in [0.4, 0.5) is 0 Å². The lowest BCUT2D eigenvalue weighted by atomic mass is 9.87. The molecule has 1 rings (SSSR count). The number of hydrogen-bond donors (Lipinski definition) is 0. The quantitative estimate of drug-likeness (QED) is 0.118. The lowest BCUT2D eigenvalue weighted by molar-refractivity contribution is -0.150. The van der Waals surface area contributed by atoms with Crippen LogP contribution in [0.3, 0.4) is 0 Å². The van der Waals surface area contributed by atoms with Crippen LogP contribution in [0.15, 0.2) is 0 Å². The van der Waals surface area contributed by atoms with Gasteiger partial charge in [0.15, 0.2) is 0 Å². The molecule has 194 valence electrons. The summed E-state index contributed by atoms with van der Waals surface area (Å²) in [6, 6.07) is 0. The molecule has 33 heavy (non-hydrogen) atoms. The molecule has 0 saturated heterocycles. The number of carbonyl (C=O) groups is 2. The number of rotatable bonds is 22. The summed E-state index contributed by atoms with van der Waals surface area (Å²) in [4.78, 5) is 23.6. The molecule has 0 bridgehead atoms. The SMILES string of the molecule is CCCCCCCCCCCCCCCCCOC(=O)CCC(=O)OCCC1CCCCC1. The van der Waals surface area contributed by atoms with Gasteiger partial charge in [0.1, 0.15) is 0 Å². The summed E-state index contributed by atoms with van der Waals surface area (Å²) < 4.78 is 10.5. The van der Waals surface area contributed by atoms with Gasteiger partial charge < -0.3 is 9.47 Å². The predicted octanol–water partition coefficient (Wildman–Crippen LogP) is 8.69. The summed E-state index contributed by atoms with van der Waals surface area (Å²) in [7, 11) is 0. The van der Waals surface area contributed by atoms with E-state index in [1.807, 2.05) is 0 Å². The van der Waals surface area contributed by atoms with Crippen molar-refractivity contribution in [1.29, 1.82) is 0 Å². The first-order valence-electron chi connectivity index (χ1n) is 14.5. The van der Waals surface area contributed by atoms with Gasteiger partial charge in [-0.05, 0) is 18.8 Å². The van der Waals surface area contributed by atoms with Crippen LogP contribution in [0.1, 0.15) is 155 Å². The van der Waals surface area contributed by atoms with Crippen LogP contribution in [0.5, 0.6) is 0 Å².